The predicted octanol–water partition coefficient (Wildman–Crippen LogP) is 3.07. The summed E-state index contributed by atoms with van der Waals surface area (Å²) in [5.41, 5.74) is 1.42. The van der Waals surface area contributed by atoms with Gasteiger partial charge in [-0.3, -0.25) is 0 Å². The van der Waals surface area contributed by atoms with Crippen molar-refractivity contribution in [3.63, 3.8) is 0 Å². The molecule has 0 aliphatic carbocycles. The van der Waals surface area contributed by atoms with Crippen LogP contribution in [-0.2, 0) is 10.0 Å². The molecule has 0 bridgehead atoms. The number of hydrogen-bond donors (Lipinski definition) is 0. The van der Waals surface area contributed by atoms with Crippen LogP contribution in [0.2, 0.25) is 0 Å². The zero-order chi connectivity index (χ0) is 15.7. The second kappa shape index (κ2) is 5.78. The molecular weight excluding hydrogens is 284 g/mol. The Balaban J connectivity index is 2.30. The molecule has 114 valence electrons. The van der Waals surface area contributed by atoms with Crippen LogP contribution in [-0.4, -0.2) is 25.8 Å². The minimum atomic E-state index is -3.46. The van der Waals surface area contributed by atoms with Crippen LogP contribution in [0.25, 0.3) is 0 Å². The van der Waals surface area contributed by atoms with Crippen LogP contribution >= 0.6 is 0 Å². The molecule has 1 heterocycles. The van der Waals surface area contributed by atoms with Gasteiger partial charge >= 0.3 is 0 Å². The van der Waals surface area contributed by atoms with E-state index in [0.29, 0.717) is 29.1 Å². The third-order valence-electron chi connectivity index (χ3n) is 4.26. The van der Waals surface area contributed by atoms with Crippen molar-refractivity contribution in [1.82, 2.24) is 4.31 Å². The van der Waals surface area contributed by atoms with Crippen LogP contribution in [0.4, 0.5) is 0 Å². The first kappa shape index (κ1) is 16.0. The number of aryl methyl sites for hydroxylation is 1. The first-order valence-electron chi connectivity index (χ1n) is 7.27. The molecular formula is C16H22N2O2S. The predicted molar refractivity (Wildman–Crippen MR) is 82.3 cm³/mol. The lowest BCUT2D eigenvalue weighted by Crippen LogP contribution is -2.32. The molecule has 1 aliphatic rings. The molecule has 0 aromatic heterocycles. The molecule has 0 unspecified atom stereocenters. The van der Waals surface area contributed by atoms with Gasteiger partial charge in [0.25, 0.3) is 0 Å². The van der Waals surface area contributed by atoms with Gasteiger partial charge in [0, 0.05) is 13.1 Å². The third-order valence-corrected chi connectivity index (χ3v) is 6.15. The van der Waals surface area contributed by atoms with Gasteiger partial charge in [-0.1, -0.05) is 13.8 Å². The van der Waals surface area contributed by atoms with Gasteiger partial charge in [-0.15, -0.1) is 0 Å². The van der Waals surface area contributed by atoms with Gasteiger partial charge in [0.05, 0.1) is 16.5 Å². The first-order valence-corrected chi connectivity index (χ1v) is 8.71. The highest BCUT2D eigenvalue weighted by Crippen LogP contribution is 2.32. The van der Waals surface area contributed by atoms with Crippen molar-refractivity contribution in [2.24, 2.45) is 5.41 Å². The second-order valence-electron chi connectivity index (χ2n) is 6.51. The second-order valence-corrected chi connectivity index (χ2v) is 8.45. The highest BCUT2D eigenvalue weighted by molar-refractivity contribution is 7.89. The molecule has 1 saturated heterocycles. The Kier molecular flexibility index (Phi) is 4.40. The van der Waals surface area contributed by atoms with Crippen LogP contribution in [0.3, 0.4) is 0 Å². The van der Waals surface area contributed by atoms with Crippen LogP contribution in [0, 0.1) is 23.7 Å². The zero-order valence-electron chi connectivity index (χ0n) is 12.9. The van der Waals surface area contributed by atoms with E-state index in [1.54, 1.807) is 23.4 Å². The highest BCUT2D eigenvalue weighted by Gasteiger charge is 2.30. The van der Waals surface area contributed by atoms with Crippen molar-refractivity contribution < 1.29 is 8.42 Å². The monoisotopic (exact) mass is 306 g/mol. The Morgan fingerprint density at radius 1 is 1.24 bits per heavy atom. The van der Waals surface area contributed by atoms with Gasteiger partial charge in [-0.2, -0.15) is 9.57 Å². The highest BCUT2D eigenvalue weighted by atomic mass is 32.2. The summed E-state index contributed by atoms with van der Waals surface area (Å²) in [5, 5.41) is 8.95. The summed E-state index contributed by atoms with van der Waals surface area (Å²) in [6, 6.07) is 6.79. The van der Waals surface area contributed by atoms with Gasteiger partial charge < -0.3 is 0 Å². The molecule has 1 aliphatic heterocycles. The largest absolute Gasteiger partial charge is 0.243 e. The van der Waals surface area contributed by atoms with E-state index < -0.39 is 10.0 Å². The summed E-state index contributed by atoms with van der Waals surface area (Å²) in [6.45, 7) is 7.28. The Bertz CT molecular complexity index is 672. The SMILES string of the molecule is Cc1cc(S(=O)(=O)N2CCCC(C)(C)CC2)ccc1C#N. The van der Waals surface area contributed by atoms with Crippen molar-refractivity contribution in [2.45, 2.75) is 44.9 Å². The molecule has 0 spiro atoms. The molecule has 1 aromatic carbocycles. The lowest BCUT2D eigenvalue weighted by atomic mass is 9.85. The first-order chi connectivity index (χ1) is 9.76. The Morgan fingerprint density at radius 3 is 2.57 bits per heavy atom. The fourth-order valence-electron chi connectivity index (χ4n) is 2.71. The van der Waals surface area contributed by atoms with E-state index in [4.69, 9.17) is 5.26 Å². The molecule has 0 amide bonds. The number of nitriles is 1. The number of hydrogen-bond acceptors (Lipinski definition) is 3. The molecule has 1 fully saturated rings. The van der Waals surface area contributed by atoms with Gasteiger partial charge in [0.2, 0.25) is 10.0 Å². The molecule has 4 nitrogen and oxygen atoms in total. The van der Waals surface area contributed by atoms with Crippen LogP contribution in [0.1, 0.15) is 44.2 Å². The minimum absolute atomic E-state index is 0.199. The van der Waals surface area contributed by atoms with Crippen molar-refractivity contribution in [3.8, 4) is 6.07 Å². The third kappa shape index (κ3) is 3.45. The lowest BCUT2D eigenvalue weighted by molar-refractivity contribution is 0.315. The number of sulfonamides is 1. The normalized spacial score (nSPS) is 19.7. The van der Waals surface area contributed by atoms with Crippen LogP contribution in [0.5, 0.6) is 0 Å². The molecule has 2 rings (SSSR count). The smallest absolute Gasteiger partial charge is 0.207 e. The lowest BCUT2D eigenvalue weighted by Gasteiger charge is -2.23. The fraction of sp³-hybridized carbons (Fsp3) is 0.562. The van der Waals surface area contributed by atoms with Gasteiger partial charge in [0.1, 0.15) is 0 Å². The summed E-state index contributed by atoms with van der Waals surface area (Å²) in [4.78, 5) is 0.290. The van der Waals surface area contributed by atoms with E-state index in [1.807, 2.05) is 0 Å². The summed E-state index contributed by atoms with van der Waals surface area (Å²) in [7, 11) is -3.46. The average Bonchev–Trinajstić information content (AvgIpc) is 2.60. The molecule has 0 radical (unpaired) electrons. The maximum atomic E-state index is 12.7. The van der Waals surface area contributed by atoms with E-state index in [-0.39, 0.29) is 5.41 Å². The molecule has 5 heteroatoms. The standard InChI is InChI=1S/C16H22N2O2S/c1-13-11-15(6-5-14(13)12-17)21(19,20)18-9-4-7-16(2,3)8-10-18/h5-6,11H,4,7-10H2,1-3H3. The average molecular weight is 306 g/mol. The minimum Gasteiger partial charge on any atom is -0.207 e. The van der Waals surface area contributed by atoms with Crippen molar-refractivity contribution in [1.29, 1.82) is 5.26 Å². The van der Waals surface area contributed by atoms with Crippen LogP contribution in [0.15, 0.2) is 23.1 Å². The van der Waals surface area contributed by atoms with Gasteiger partial charge in [-0.25, -0.2) is 8.42 Å². The topological polar surface area (TPSA) is 61.2 Å². The Hall–Kier alpha value is -1.38. The molecule has 21 heavy (non-hydrogen) atoms. The van der Waals surface area contributed by atoms with Crippen molar-refractivity contribution in [2.75, 3.05) is 13.1 Å². The van der Waals surface area contributed by atoms with E-state index in [0.717, 1.165) is 19.3 Å². The molecule has 0 atom stereocenters. The van der Waals surface area contributed by atoms with Gasteiger partial charge in [0.15, 0.2) is 0 Å². The fourth-order valence-corrected chi connectivity index (χ4v) is 4.27. The quantitative estimate of drug-likeness (QED) is 0.843. The van der Waals surface area contributed by atoms with Crippen molar-refractivity contribution >= 4 is 10.0 Å². The Labute approximate surface area is 127 Å². The maximum Gasteiger partial charge on any atom is 0.243 e. The van der Waals surface area contributed by atoms with Gasteiger partial charge in [-0.05, 0) is 55.4 Å². The number of benzene rings is 1. The summed E-state index contributed by atoms with van der Waals surface area (Å²) in [6.07, 6.45) is 2.81. The molecule has 1 aromatic rings. The summed E-state index contributed by atoms with van der Waals surface area (Å²) < 4.78 is 27.1. The number of nitrogens with zero attached hydrogens (tertiary/aromatic N) is 2. The molecule has 0 saturated carbocycles. The number of rotatable bonds is 2. The van der Waals surface area contributed by atoms with E-state index in [9.17, 15) is 8.42 Å². The van der Waals surface area contributed by atoms with Crippen LogP contribution < -0.4 is 0 Å². The zero-order valence-corrected chi connectivity index (χ0v) is 13.7. The van der Waals surface area contributed by atoms with E-state index in [1.165, 1.54) is 6.07 Å². The van der Waals surface area contributed by atoms with E-state index >= 15 is 0 Å². The maximum absolute atomic E-state index is 12.7. The molecule has 0 N–H and O–H groups in total. The van der Waals surface area contributed by atoms with Crippen molar-refractivity contribution in [3.05, 3.63) is 29.3 Å². The van der Waals surface area contributed by atoms with E-state index in [2.05, 4.69) is 19.9 Å². The summed E-state index contributed by atoms with van der Waals surface area (Å²) in [5.74, 6) is 0. The Morgan fingerprint density at radius 2 is 1.95 bits per heavy atom. The summed E-state index contributed by atoms with van der Waals surface area (Å²) >= 11 is 0.